The summed E-state index contributed by atoms with van der Waals surface area (Å²) in [5.41, 5.74) is 0. The molecule has 3 rings (SSSR count). The minimum absolute atomic E-state index is 0.0426. The normalized spacial score (nSPS) is 38.7. The van der Waals surface area contributed by atoms with E-state index in [0.29, 0.717) is 12.0 Å². The molecule has 0 saturated heterocycles. The zero-order chi connectivity index (χ0) is 12.9. The molecule has 4 atom stereocenters. The van der Waals surface area contributed by atoms with Crippen molar-refractivity contribution in [3.63, 3.8) is 0 Å². The maximum atomic E-state index is 11.9. The monoisotopic (exact) mass is 266 g/mol. The van der Waals surface area contributed by atoms with Gasteiger partial charge >= 0.3 is 0 Å². The molecule has 0 aromatic rings. The van der Waals surface area contributed by atoms with Gasteiger partial charge in [-0.05, 0) is 37.0 Å². The molecule has 2 aliphatic carbocycles. The van der Waals surface area contributed by atoms with Gasteiger partial charge in [-0.25, -0.2) is 0 Å². The summed E-state index contributed by atoms with van der Waals surface area (Å²) in [5, 5.41) is 1.01. The second-order valence-electron chi connectivity index (χ2n) is 6.37. The smallest absolute Gasteiger partial charge is 0.261 e. The molecule has 0 N–H and O–H groups in total. The molecule has 1 aliphatic heterocycles. The number of amidine groups is 1. The van der Waals surface area contributed by atoms with Crippen molar-refractivity contribution in [1.82, 2.24) is 4.90 Å². The van der Waals surface area contributed by atoms with Gasteiger partial charge in [-0.15, -0.1) is 0 Å². The molecule has 1 heterocycles. The zero-order valence-corrected chi connectivity index (χ0v) is 12.2. The van der Waals surface area contributed by atoms with Crippen molar-refractivity contribution in [1.29, 1.82) is 0 Å². The molecule has 0 spiro atoms. The highest BCUT2D eigenvalue weighted by Gasteiger charge is 2.44. The Kier molecular flexibility index (Phi) is 3.16. The molecule has 0 radical (unpaired) electrons. The number of amides is 1. The van der Waals surface area contributed by atoms with Gasteiger partial charge < -0.3 is 4.90 Å². The van der Waals surface area contributed by atoms with Crippen molar-refractivity contribution < 1.29 is 4.79 Å². The molecule has 0 aromatic carbocycles. The van der Waals surface area contributed by atoms with Crippen LogP contribution in [0.4, 0.5) is 0 Å². The molecule has 18 heavy (non-hydrogen) atoms. The molecular formula is C14H22N2OS. The molecule has 2 bridgehead atoms. The van der Waals surface area contributed by atoms with Crippen LogP contribution in [0.2, 0.25) is 0 Å². The average Bonchev–Trinajstić information content (AvgIpc) is 3.01. The third-order valence-electron chi connectivity index (χ3n) is 4.79. The van der Waals surface area contributed by atoms with E-state index in [9.17, 15) is 4.79 Å². The van der Waals surface area contributed by atoms with E-state index in [1.54, 1.807) is 11.8 Å². The largest absolute Gasteiger partial charge is 0.351 e. The first-order valence-corrected chi connectivity index (χ1v) is 7.96. The van der Waals surface area contributed by atoms with Gasteiger partial charge in [0.2, 0.25) is 0 Å². The van der Waals surface area contributed by atoms with Crippen LogP contribution in [0.15, 0.2) is 4.99 Å². The van der Waals surface area contributed by atoms with Crippen LogP contribution in [0.3, 0.4) is 0 Å². The van der Waals surface area contributed by atoms with Crippen molar-refractivity contribution in [2.45, 2.75) is 50.8 Å². The van der Waals surface area contributed by atoms with Crippen LogP contribution in [0.25, 0.3) is 0 Å². The number of carbonyl (C=O) groups excluding carboxylic acids is 1. The minimum Gasteiger partial charge on any atom is -0.351 e. The summed E-state index contributed by atoms with van der Waals surface area (Å²) >= 11 is 1.68. The first-order valence-electron chi connectivity index (χ1n) is 7.08. The van der Waals surface area contributed by atoms with E-state index in [4.69, 9.17) is 0 Å². The highest BCUT2D eigenvalue weighted by atomic mass is 32.2. The number of fused-ring (bicyclic) bond motifs is 2. The topological polar surface area (TPSA) is 32.7 Å². The lowest BCUT2D eigenvalue weighted by Crippen LogP contribution is -2.38. The number of hydrogen-bond acceptors (Lipinski definition) is 3. The molecular weight excluding hydrogens is 244 g/mol. The van der Waals surface area contributed by atoms with Crippen LogP contribution in [0.5, 0.6) is 0 Å². The number of carbonyl (C=O) groups is 1. The van der Waals surface area contributed by atoms with E-state index in [2.05, 4.69) is 30.8 Å². The second kappa shape index (κ2) is 4.55. The minimum atomic E-state index is 0.0426. The maximum absolute atomic E-state index is 11.9. The summed E-state index contributed by atoms with van der Waals surface area (Å²) < 4.78 is 0. The fourth-order valence-corrected chi connectivity index (χ4v) is 4.86. The molecule has 3 aliphatic rings. The lowest BCUT2D eigenvalue weighted by molar-refractivity contribution is -0.117. The van der Waals surface area contributed by atoms with Gasteiger partial charge in [-0.1, -0.05) is 32.0 Å². The summed E-state index contributed by atoms with van der Waals surface area (Å²) in [6.07, 6.45) is 5.50. The third-order valence-corrected chi connectivity index (χ3v) is 6.38. The van der Waals surface area contributed by atoms with Crippen LogP contribution in [0, 0.1) is 17.8 Å². The summed E-state index contributed by atoms with van der Waals surface area (Å²) in [6, 6.07) is 0.633. The predicted octanol–water partition coefficient (Wildman–Crippen LogP) is 2.76. The van der Waals surface area contributed by atoms with Gasteiger partial charge in [0.15, 0.2) is 5.17 Å². The van der Waals surface area contributed by atoms with Crippen molar-refractivity contribution in [2.24, 2.45) is 22.7 Å². The molecule has 4 heteroatoms. The van der Waals surface area contributed by atoms with Crippen molar-refractivity contribution in [3.05, 3.63) is 0 Å². The van der Waals surface area contributed by atoms with Crippen LogP contribution in [0.1, 0.15) is 39.5 Å². The Bertz CT molecular complexity index is 393. The fourth-order valence-electron chi connectivity index (χ4n) is 3.76. The number of aliphatic imine (C=N–C) groups is 1. The summed E-state index contributed by atoms with van der Waals surface area (Å²) in [4.78, 5) is 18.5. The Morgan fingerprint density at radius 1 is 1.33 bits per heavy atom. The number of nitrogens with zero attached hydrogens (tertiary/aromatic N) is 2. The van der Waals surface area contributed by atoms with Crippen LogP contribution >= 0.6 is 11.8 Å². The average molecular weight is 266 g/mol. The van der Waals surface area contributed by atoms with Gasteiger partial charge in [0.05, 0.1) is 5.25 Å². The quantitative estimate of drug-likeness (QED) is 0.770. The van der Waals surface area contributed by atoms with E-state index in [-0.39, 0.29) is 11.2 Å². The van der Waals surface area contributed by atoms with Gasteiger partial charge in [-0.2, -0.15) is 4.99 Å². The van der Waals surface area contributed by atoms with E-state index in [0.717, 1.165) is 17.0 Å². The molecule has 0 aromatic heterocycles. The molecule has 1 unspecified atom stereocenters. The first-order chi connectivity index (χ1) is 8.56. The van der Waals surface area contributed by atoms with Crippen LogP contribution in [-0.4, -0.2) is 34.3 Å². The van der Waals surface area contributed by atoms with Gasteiger partial charge in [0.1, 0.15) is 0 Å². The lowest BCUT2D eigenvalue weighted by Gasteiger charge is -2.32. The first kappa shape index (κ1) is 12.5. The maximum Gasteiger partial charge on any atom is 0.261 e. The number of rotatable bonds is 2. The highest BCUT2D eigenvalue weighted by Crippen LogP contribution is 2.47. The van der Waals surface area contributed by atoms with E-state index in [1.807, 2.05) is 0 Å². The van der Waals surface area contributed by atoms with E-state index >= 15 is 0 Å². The van der Waals surface area contributed by atoms with Crippen molar-refractivity contribution >= 4 is 22.8 Å². The Morgan fingerprint density at radius 3 is 2.61 bits per heavy atom. The molecule has 3 nitrogen and oxygen atoms in total. The summed E-state index contributed by atoms with van der Waals surface area (Å²) in [5.74, 6) is 2.22. The van der Waals surface area contributed by atoms with Crippen molar-refractivity contribution in [2.75, 3.05) is 7.05 Å². The van der Waals surface area contributed by atoms with Gasteiger partial charge in [0, 0.05) is 13.1 Å². The Morgan fingerprint density at radius 2 is 2.11 bits per heavy atom. The van der Waals surface area contributed by atoms with Crippen molar-refractivity contribution in [3.8, 4) is 0 Å². The third kappa shape index (κ3) is 1.98. The van der Waals surface area contributed by atoms with E-state index in [1.165, 1.54) is 25.7 Å². The summed E-state index contributed by atoms with van der Waals surface area (Å²) in [6.45, 7) is 4.21. The number of hydrogen-bond donors (Lipinski definition) is 0. The Hall–Kier alpha value is -0.510. The Balaban J connectivity index is 1.69. The molecule has 2 saturated carbocycles. The second-order valence-corrected chi connectivity index (χ2v) is 7.48. The van der Waals surface area contributed by atoms with Crippen LogP contribution in [-0.2, 0) is 4.79 Å². The molecule has 1 amide bonds. The van der Waals surface area contributed by atoms with Gasteiger partial charge in [0.25, 0.3) is 5.91 Å². The molecule has 2 fully saturated rings. The molecule has 100 valence electrons. The lowest BCUT2D eigenvalue weighted by atomic mass is 9.95. The zero-order valence-electron chi connectivity index (χ0n) is 11.4. The highest BCUT2D eigenvalue weighted by molar-refractivity contribution is 8.15. The predicted molar refractivity (Wildman–Crippen MR) is 75.7 cm³/mol. The van der Waals surface area contributed by atoms with Crippen LogP contribution < -0.4 is 0 Å². The Labute approximate surface area is 113 Å². The fraction of sp³-hybridized carbons (Fsp3) is 0.857. The SMILES string of the molecule is CC(C)C1SC(N(C)[C@H]2C[C@@H]3CC[C@H]2C3)=NC1=O. The van der Waals surface area contributed by atoms with E-state index < -0.39 is 0 Å². The standard InChI is InChI=1S/C14H22N2OS/c1-8(2)12-13(17)15-14(18-12)16(3)11-7-9-4-5-10(11)6-9/h8-12H,4-7H2,1-3H3/t9-,10+,11+,12?/m1/s1. The van der Waals surface area contributed by atoms with Gasteiger partial charge in [-0.3, -0.25) is 4.79 Å². The number of thioether (sulfide) groups is 1. The summed E-state index contributed by atoms with van der Waals surface area (Å²) in [7, 11) is 2.13.